The standard InChI is InChI=1S/C15H29N3O3/c1-11(2)9-13(14(19)20)16-15(21)18(4)10-12-5-7-17(3)8-6-12/h11-13H,5-10H2,1-4H3,(H,16,21)(H,19,20). The fourth-order valence-electron chi connectivity index (χ4n) is 2.67. The Morgan fingerprint density at radius 3 is 2.38 bits per heavy atom. The van der Waals surface area contributed by atoms with E-state index in [0.29, 0.717) is 18.9 Å². The average Bonchev–Trinajstić information content (AvgIpc) is 2.39. The zero-order valence-corrected chi connectivity index (χ0v) is 13.6. The molecule has 1 rings (SSSR count). The van der Waals surface area contributed by atoms with E-state index in [1.807, 2.05) is 13.8 Å². The van der Waals surface area contributed by atoms with E-state index >= 15 is 0 Å². The fourth-order valence-corrected chi connectivity index (χ4v) is 2.67. The topological polar surface area (TPSA) is 72.9 Å². The van der Waals surface area contributed by atoms with Crippen molar-refractivity contribution in [1.29, 1.82) is 0 Å². The summed E-state index contributed by atoms with van der Waals surface area (Å²) in [6.07, 6.45) is 2.62. The van der Waals surface area contributed by atoms with E-state index in [1.165, 1.54) is 0 Å². The molecule has 0 aromatic rings. The average molecular weight is 299 g/mol. The summed E-state index contributed by atoms with van der Waals surface area (Å²) < 4.78 is 0. The molecular formula is C15H29N3O3. The second-order valence-corrected chi connectivity index (χ2v) is 6.60. The van der Waals surface area contributed by atoms with Crippen molar-refractivity contribution in [2.24, 2.45) is 11.8 Å². The molecule has 1 atom stereocenters. The predicted octanol–water partition coefficient (Wildman–Crippen LogP) is 1.47. The maximum atomic E-state index is 12.1. The molecule has 1 heterocycles. The van der Waals surface area contributed by atoms with Crippen LogP contribution in [0.15, 0.2) is 0 Å². The molecule has 1 aliphatic heterocycles. The highest BCUT2D eigenvalue weighted by atomic mass is 16.4. The van der Waals surface area contributed by atoms with Crippen LogP contribution < -0.4 is 5.32 Å². The molecule has 0 aromatic heterocycles. The molecule has 6 nitrogen and oxygen atoms in total. The lowest BCUT2D eigenvalue weighted by Gasteiger charge is -2.32. The smallest absolute Gasteiger partial charge is 0.326 e. The Hall–Kier alpha value is -1.30. The number of rotatable bonds is 6. The third-order valence-electron chi connectivity index (χ3n) is 4.02. The molecule has 21 heavy (non-hydrogen) atoms. The molecule has 1 aliphatic rings. The lowest BCUT2D eigenvalue weighted by atomic mass is 9.97. The van der Waals surface area contributed by atoms with Gasteiger partial charge in [-0.3, -0.25) is 0 Å². The van der Waals surface area contributed by atoms with Crippen LogP contribution in [0.2, 0.25) is 0 Å². The Morgan fingerprint density at radius 1 is 1.33 bits per heavy atom. The van der Waals surface area contributed by atoms with Crippen LogP contribution in [-0.2, 0) is 4.79 Å². The van der Waals surface area contributed by atoms with Gasteiger partial charge in [-0.05, 0) is 51.2 Å². The maximum absolute atomic E-state index is 12.1. The molecule has 0 spiro atoms. The summed E-state index contributed by atoms with van der Waals surface area (Å²) in [5, 5.41) is 11.8. The first kappa shape index (κ1) is 17.8. The quantitative estimate of drug-likeness (QED) is 0.779. The number of piperidine rings is 1. The van der Waals surface area contributed by atoms with Crippen molar-refractivity contribution < 1.29 is 14.7 Å². The van der Waals surface area contributed by atoms with Crippen LogP contribution in [0.4, 0.5) is 4.79 Å². The van der Waals surface area contributed by atoms with E-state index in [-0.39, 0.29) is 11.9 Å². The second-order valence-electron chi connectivity index (χ2n) is 6.60. The lowest BCUT2D eigenvalue weighted by molar-refractivity contribution is -0.139. The van der Waals surface area contributed by atoms with Crippen molar-refractivity contribution in [1.82, 2.24) is 15.1 Å². The minimum absolute atomic E-state index is 0.227. The summed E-state index contributed by atoms with van der Waals surface area (Å²) in [5.74, 6) is -0.236. The molecule has 1 unspecified atom stereocenters. The zero-order chi connectivity index (χ0) is 16.0. The predicted molar refractivity (Wildman–Crippen MR) is 82.3 cm³/mol. The molecule has 1 fully saturated rings. The Bertz CT molecular complexity index is 352. The molecule has 0 saturated carbocycles. The van der Waals surface area contributed by atoms with Gasteiger partial charge in [-0.25, -0.2) is 9.59 Å². The SMILES string of the molecule is CC(C)CC(NC(=O)N(C)CC1CCN(C)CC1)C(=O)O. The molecule has 0 bridgehead atoms. The lowest BCUT2D eigenvalue weighted by Crippen LogP contribution is -2.48. The van der Waals surface area contributed by atoms with Crippen LogP contribution >= 0.6 is 0 Å². The number of carboxylic acids is 1. The Morgan fingerprint density at radius 2 is 1.90 bits per heavy atom. The first-order valence-electron chi connectivity index (χ1n) is 7.72. The summed E-state index contributed by atoms with van der Waals surface area (Å²) in [6, 6.07) is -1.10. The van der Waals surface area contributed by atoms with E-state index in [1.54, 1.807) is 11.9 Å². The van der Waals surface area contributed by atoms with Crippen LogP contribution in [0.3, 0.4) is 0 Å². The number of amides is 2. The van der Waals surface area contributed by atoms with Gasteiger partial charge in [-0.15, -0.1) is 0 Å². The molecule has 0 aromatic carbocycles. The van der Waals surface area contributed by atoms with Gasteiger partial charge in [0.15, 0.2) is 0 Å². The molecule has 0 aliphatic carbocycles. The maximum Gasteiger partial charge on any atom is 0.326 e. The first-order chi connectivity index (χ1) is 9.79. The van der Waals surface area contributed by atoms with Crippen LogP contribution in [0, 0.1) is 11.8 Å². The number of hydrogen-bond donors (Lipinski definition) is 2. The molecule has 2 N–H and O–H groups in total. The van der Waals surface area contributed by atoms with Gasteiger partial charge in [0.1, 0.15) is 6.04 Å². The van der Waals surface area contributed by atoms with Crippen LogP contribution in [0.1, 0.15) is 33.1 Å². The Balaban J connectivity index is 2.43. The minimum Gasteiger partial charge on any atom is -0.480 e. The molecule has 2 amide bonds. The van der Waals surface area contributed by atoms with E-state index in [2.05, 4.69) is 17.3 Å². The Kier molecular flexibility index (Phi) is 6.95. The van der Waals surface area contributed by atoms with Crippen molar-refractivity contribution in [3.8, 4) is 0 Å². The van der Waals surface area contributed by atoms with Crippen molar-refractivity contribution >= 4 is 12.0 Å². The van der Waals surface area contributed by atoms with Gasteiger partial charge in [0.2, 0.25) is 0 Å². The summed E-state index contributed by atoms with van der Waals surface area (Å²) in [5.41, 5.74) is 0. The van der Waals surface area contributed by atoms with Gasteiger partial charge in [0.25, 0.3) is 0 Å². The second kappa shape index (κ2) is 8.22. The number of likely N-dealkylation sites (tertiary alicyclic amines) is 1. The minimum atomic E-state index is -0.968. The number of carbonyl (C=O) groups excluding carboxylic acids is 1. The van der Waals surface area contributed by atoms with Gasteiger partial charge < -0.3 is 20.2 Å². The highest BCUT2D eigenvalue weighted by Gasteiger charge is 2.25. The van der Waals surface area contributed by atoms with Gasteiger partial charge in [0, 0.05) is 13.6 Å². The van der Waals surface area contributed by atoms with Crippen LogP contribution in [0.25, 0.3) is 0 Å². The van der Waals surface area contributed by atoms with E-state index in [9.17, 15) is 9.59 Å². The third kappa shape index (κ3) is 6.33. The molecular weight excluding hydrogens is 270 g/mol. The van der Waals surface area contributed by atoms with Crippen LogP contribution in [0.5, 0.6) is 0 Å². The van der Waals surface area contributed by atoms with E-state index < -0.39 is 12.0 Å². The van der Waals surface area contributed by atoms with Gasteiger partial charge in [0.05, 0.1) is 0 Å². The summed E-state index contributed by atoms with van der Waals surface area (Å²) >= 11 is 0. The number of aliphatic carboxylic acids is 1. The molecule has 6 heteroatoms. The number of hydrogen-bond acceptors (Lipinski definition) is 3. The number of carbonyl (C=O) groups is 2. The summed E-state index contributed by atoms with van der Waals surface area (Å²) in [7, 11) is 3.85. The number of carboxylic acid groups (broad SMARTS) is 1. The van der Waals surface area contributed by atoms with Crippen molar-refractivity contribution in [2.75, 3.05) is 33.7 Å². The van der Waals surface area contributed by atoms with Crippen molar-refractivity contribution in [2.45, 2.75) is 39.2 Å². The highest BCUT2D eigenvalue weighted by Crippen LogP contribution is 2.17. The molecule has 0 radical (unpaired) electrons. The third-order valence-corrected chi connectivity index (χ3v) is 4.02. The number of nitrogens with one attached hydrogen (secondary N) is 1. The Labute approximate surface area is 127 Å². The normalized spacial score (nSPS) is 18.5. The first-order valence-corrected chi connectivity index (χ1v) is 7.72. The molecule has 122 valence electrons. The van der Waals surface area contributed by atoms with E-state index in [4.69, 9.17) is 5.11 Å². The molecule has 1 saturated heterocycles. The highest BCUT2D eigenvalue weighted by molar-refractivity contribution is 5.82. The van der Waals surface area contributed by atoms with Crippen molar-refractivity contribution in [3.63, 3.8) is 0 Å². The summed E-state index contributed by atoms with van der Waals surface area (Å²) in [4.78, 5) is 27.2. The van der Waals surface area contributed by atoms with Gasteiger partial charge in [-0.1, -0.05) is 13.8 Å². The van der Waals surface area contributed by atoms with Gasteiger partial charge in [-0.2, -0.15) is 0 Å². The number of nitrogens with zero attached hydrogens (tertiary/aromatic N) is 2. The monoisotopic (exact) mass is 299 g/mol. The van der Waals surface area contributed by atoms with Crippen molar-refractivity contribution in [3.05, 3.63) is 0 Å². The largest absolute Gasteiger partial charge is 0.480 e. The summed E-state index contributed by atoms with van der Waals surface area (Å²) in [6.45, 7) is 6.71. The van der Waals surface area contributed by atoms with Crippen LogP contribution in [-0.4, -0.2) is 66.7 Å². The zero-order valence-electron chi connectivity index (χ0n) is 13.6. The number of urea groups is 1. The van der Waals surface area contributed by atoms with E-state index in [0.717, 1.165) is 25.9 Å². The van der Waals surface area contributed by atoms with Gasteiger partial charge >= 0.3 is 12.0 Å². The fraction of sp³-hybridized carbons (Fsp3) is 0.867.